The van der Waals surface area contributed by atoms with E-state index in [-0.39, 0.29) is 0 Å². The second-order valence-corrected chi connectivity index (χ2v) is 10.5. The third-order valence-electron chi connectivity index (χ3n) is 7.43. The Labute approximate surface area is 252 Å². The number of benzene rings is 2. The van der Waals surface area contributed by atoms with Crippen molar-refractivity contribution in [3.05, 3.63) is 126 Å². The molecule has 0 bridgehead atoms. The summed E-state index contributed by atoms with van der Waals surface area (Å²) in [7, 11) is 4.14. The van der Waals surface area contributed by atoms with Crippen LogP contribution in [0.4, 0.5) is 5.95 Å². The molecule has 0 fully saturated rings. The van der Waals surface area contributed by atoms with Crippen LogP contribution in [0.3, 0.4) is 0 Å². The summed E-state index contributed by atoms with van der Waals surface area (Å²) in [5.41, 5.74) is 11.5. The lowest BCUT2D eigenvalue weighted by atomic mass is 10.1. The topological polar surface area (TPSA) is 86.9 Å². The molecule has 0 unspecified atom stereocenters. The van der Waals surface area contributed by atoms with Crippen molar-refractivity contribution in [2.24, 2.45) is 24.3 Å². The van der Waals surface area contributed by atoms with Crippen molar-refractivity contribution < 1.29 is 9.13 Å². The Kier molecular flexibility index (Phi) is 6.68. The highest BCUT2D eigenvalue weighted by Gasteiger charge is 2.16. The average molecular weight is 585 g/mol. The molecule has 0 spiro atoms. The Morgan fingerprint density at radius 2 is 1.28 bits per heavy atom. The summed E-state index contributed by atoms with van der Waals surface area (Å²) in [6, 6.07) is 28.8. The first-order chi connectivity index (χ1) is 21.0. The van der Waals surface area contributed by atoms with E-state index in [1.807, 2.05) is 60.9 Å². The molecule has 210 valence electrons. The SMILES string of the molecule is C[n+]1c(-c2ccc(/C=N\n3c(N/N=C/c4ccc(-c5cn6ccccc6[n+]5C)cc4)n[nH]c3=S)cc2)cn2ccccc21. The third-order valence-corrected chi connectivity index (χ3v) is 7.70. The van der Waals surface area contributed by atoms with Crippen LogP contribution in [0, 0.1) is 4.77 Å². The lowest BCUT2D eigenvalue weighted by molar-refractivity contribution is -0.633. The minimum atomic E-state index is 0.357. The van der Waals surface area contributed by atoms with Gasteiger partial charge in [-0.3, -0.25) is 0 Å². The zero-order chi connectivity index (χ0) is 29.3. The number of rotatable bonds is 7. The molecule has 7 aromatic rings. The molecule has 0 saturated heterocycles. The summed E-state index contributed by atoms with van der Waals surface area (Å²) < 4.78 is 10.4. The average Bonchev–Trinajstić information content (AvgIpc) is 3.69. The van der Waals surface area contributed by atoms with Gasteiger partial charge in [-0.1, -0.05) is 36.4 Å². The third kappa shape index (κ3) is 5.02. The maximum Gasteiger partial charge on any atom is 0.286 e. The van der Waals surface area contributed by atoms with Crippen molar-refractivity contribution in [2.45, 2.75) is 0 Å². The number of hydrogen-bond acceptors (Lipinski definition) is 5. The molecule has 0 atom stereocenters. The van der Waals surface area contributed by atoms with Crippen LogP contribution in [0.5, 0.6) is 0 Å². The van der Waals surface area contributed by atoms with Crippen LogP contribution in [0.25, 0.3) is 33.8 Å². The van der Waals surface area contributed by atoms with E-state index >= 15 is 0 Å². The van der Waals surface area contributed by atoms with Gasteiger partial charge in [0.15, 0.2) is 11.4 Å². The van der Waals surface area contributed by atoms with Gasteiger partial charge >= 0.3 is 0 Å². The molecule has 5 heterocycles. The van der Waals surface area contributed by atoms with E-state index in [1.165, 1.54) is 4.68 Å². The van der Waals surface area contributed by atoms with Crippen molar-refractivity contribution >= 4 is 41.9 Å². The van der Waals surface area contributed by atoms with Gasteiger partial charge in [-0.15, -0.1) is 5.10 Å². The van der Waals surface area contributed by atoms with Gasteiger partial charge in [-0.05, 0) is 59.7 Å². The normalized spacial score (nSPS) is 11.9. The molecule has 10 nitrogen and oxygen atoms in total. The fourth-order valence-corrected chi connectivity index (χ4v) is 5.32. The minimum absolute atomic E-state index is 0.357. The number of aromatic amines is 1. The summed E-state index contributed by atoms with van der Waals surface area (Å²) in [5.74, 6) is 0.380. The van der Waals surface area contributed by atoms with E-state index in [9.17, 15) is 0 Å². The van der Waals surface area contributed by atoms with Crippen LogP contribution < -0.4 is 14.6 Å². The largest absolute Gasteiger partial charge is 0.286 e. The summed E-state index contributed by atoms with van der Waals surface area (Å²) in [6.45, 7) is 0. The summed E-state index contributed by atoms with van der Waals surface area (Å²) in [4.78, 5) is 0. The van der Waals surface area contributed by atoms with Crippen LogP contribution in [0.2, 0.25) is 0 Å². The molecule has 2 N–H and O–H groups in total. The predicted molar refractivity (Wildman–Crippen MR) is 170 cm³/mol. The zero-order valence-electron chi connectivity index (χ0n) is 23.5. The van der Waals surface area contributed by atoms with E-state index < -0.39 is 0 Å². The lowest BCUT2D eigenvalue weighted by Gasteiger charge is -2.01. The standard InChI is InChI=1S/C32H27N10S/c1-38-27(21-40-17-5-3-7-29(38)40)25-13-9-23(10-14-25)19-33-35-31-36-37-32(43)42(31)34-20-24-11-15-26(16-12-24)28-22-41-18-6-4-8-30(41)39(28)2/h3-22H,1-2H3,(H-,35,36,37,43)/q+1/p+1/b33-19+,34-20-. The molecule has 7 rings (SSSR count). The first-order valence-electron chi connectivity index (χ1n) is 13.7. The van der Waals surface area contributed by atoms with E-state index in [0.29, 0.717) is 10.7 Å². The Morgan fingerprint density at radius 3 is 1.81 bits per heavy atom. The Hall–Kier alpha value is -5.68. The fraction of sp³-hybridized carbons (Fsp3) is 0.0625. The van der Waals surface area contributed by atoms with E-state index in [2.05, 4.69) is 107 Å². The Morgan fingerprint density at radius 1 is 0.744 bits per heavy atom. The molecule has 2 aromatic carbocycles. The first-order valence-corrected chi connectivity index (χ1v) is 14.1. The van der Waals surface area contributed by atoms with E-state index in [0.717, 1.165) is 44.9 Å². The summed E-state index contributed by atoms with van der Waals surface area (Å²) in [5, 5.41) is 15.9. The lowest BCUT2D eigenvalue weighted by Crippen LogP contribution is -2.29. The second-order valence-electron chi connectivity index (χ2n) is 10.1. The number of hydrogen-bond donors (Lipinski definition) is 2. The van der Waals surface area contributed by atoms with E-state index in [4.69, 9.17) is 12.2 Å². The van der Waals surface area contributed by atoms with Crippen molar-refractivity contribution in [3.63, 3.8) is 0 Å². The van der Waals surface area contributed by atoms with Gasteiger partial charge in [0.05, 0.1) is 38.9 Å². The molecule has 0 aliphatic rings. The van der Waals surface area contributed by atoms with Gasteiger partial charge in [0.25, 0.3) is 17.2 Å². The smallest absolute Gasteiger partial charge is 0.248 e. The second kappa shape index (κ2) is 11.0. The van der Waals surface area contributed by atoms with Crippen LogP contribution in [-0.2, 0) is 14.1 Å². The molecular formula is C32H28N10S+2. The quantitative estimate of drug-likeness (QED) is 0.123. The molecule has 0 saturated carbocycles. The molecular weight excluding hydrogens is 556 g/mol. The summed E-state index contributed by atoms with van der Waals surface area (Å²) >= 11 is 5.39. The predicted octanol–water partition coefficient (Wildman–Crippen LogP) is 4.76. The molecule has 5 aromatic heterocycles. The van der Waals surface area contributed by atoms with Crippen LogP contribution in [0.1, 0.15) is 11.1 Å². The number of aryl methyl sites for hydroxylation is 2. The molecule has 0 aliphatic carbocycles. The molecule has 43 heavy (non-hydrogen) atoms. The number of nitrogens with zero attached hydrogens (tertiary/aromatic N) is 8. The van der Waals surface area contributed by atoms with Gasteiger partial charge in [0, 0.05) is 23.3 Å². The zero-order valence-corrected chi connectivity index (χ0v) is 24.3. The number of H-pyrrole nitrogens is 1. The molecule has 0 amide bonds. The highest BCUT2D eigenvalue weighted by molar-refractivity contribution is 7.71. The van der Waals surface area contributed by atoms with Gasteiger partial charge in [0.2, 0.25) is 4.77 Å². The number of pyridine rings is 2. The number of anilines is 1. The highest BCUT2D eigenvalue weighted by atomic mass is 32.1. The maximum absolute atomic E-state index is 5.39. The van der Waals surface area contributed by atoms with E-state index in [1.54, 1.807) is 12.4 Å². The van der Waals surface area contributed by atoms with Crippen molar-refractivity contribution in [1.82, 2.24) is 23.7 Å². The maximum atomic E-state index is 5.39. The van der Waals surface area contributed by atoms with Gasteiger partial charge in [-0.25, -0.2) is 28.5 Å². The number of aromatic nitrogens is 7. The van der Waals surface area contributed by atoms with Crippen molar-refractivity contribution in [3.8, 4) is 22.5 Å². The highest BCUT2D eigenvalue weighted by Crippen LogP contribution is 2.19. The van der Waals surface area contributed by atoms with Crippen LogP contribution >= 0.6 is 12.2 Å². The van der Waals surface area contributed by atoms with Crippen LogP contribution in [-0.4, -0.2) is 36.1 Å². The molecule has 0 radical (unpaired) electrons. The van der Waals surface area contributed by atoms with Gasteiger partial charge in [0.1, 0.15) is 12.4 Å². The number of fused-ring (bicyclic) bond motifs is 2. The molecule has 0 aliphatic heterocycles. The Balaban J connectivity index is 1.04. The number of imidazole rings is 2. The molecule has 11 heteroatoms. The first kappa shape index (κ1) is 26.2. The Bertz CT molecular complexity index is 2200. The monoisotopic (exact) mass is 584 g/mol. The van der Waals surface area contributed by atoms with Gasteiger partial charge < -0.3 is 0 Å². The number of hydrazone groups is 1. The van der Waals surface area contributed by atoms with Gasteiger partial charge in [-0.2, -0.15) is 14.9 Å². The van der Waals surface area contributed by atoms with Crippen molar-refractivity contribution in [1.29, 1.82) is 0 Å². The summed E-state index contributed by atoms with van der Waals surface area (Å²) in [6.07, 6.45) is 11.8. The fourth-order valence-electron chi connectivity index (χ4n) is 5.14. The van der Waals surface area contributed by atoms with Crippen LogP contribution in [0.15, 0.2) is 120 Å². The minimum Gasteiger partial charge on any atom is -0.248 e. The van der Waals surface area contributed by atoms with Crippen molar-refractivity contribution in [2.75, 3.05) is 5.43 Å². The number of nitrogens with one attached hydrogen (secondary N) is 2.